The van der Waals surface area contributed by atoms with E-state index in [0.29, 0.717) is 0 Å². The van der Waals surface area contributed by atoms with Crippen LogP contribution in [0.4, 0.5) is 0 Å². The maximum absolute atomic E-state index is 11.1. The van der Waals surface area contributed by atoms with Crippen molar-refractivity contribution < 1.29 is 29.4 Å². The molecule has 8 nitrogen and oxygen atoms in total. The molecule has 0 aliphatic carbocycles. The highest BCUT2D eigenvalue weighted by Gasteiger charge is 1.99. The average Bonchev–Trinajstić information content (AvgIpc) is 2.75. The van der Waals surface area contributed by atoms with Crippen LogP contribution in [0, 0.1) is 0 Å². The van der Waals surface area contributed by atoms with Crippen molar-refractivity contribution in [3.8, 4) is 0 Å². The van der Waals surface area contributed by atoms with E-state index in [1.54, 1.807) is 12.2 Å². The molecule has 30 heavy (non-hydrogen) atoms. The number of carbonyl (C=O) groups is 4. The molecule has 2 aromatic rings. The Morgan fingerprint density at radius 3 is 1.27 bits per heavy atom. The summed E-state index contributed by atoms with van der Waals surface area (Å²) < 4.78 is 0. The number of aliphatic carboxylic acids is 2. The maximum atomic E-state index is 11.1. The third kappa shape index (κ3) is 12.2. The Hall–Kier alpha value is -4.20. The highest BCUT2D eigenvalue weighted by molar-refractivity contribution is 5.94. The molecule has 0 heterocycles. The summed E-state index contributed by atoms with van der Waals surface area (Å²) in [6.07, 6.45) is 5.85. The number of nitrogens with one attached hydrogen (secondary N) is 2. The van der Waals surface area contributed by atoms with Crippen LogP contribution in [0.2, 0.25) is 0 Å². The summed E-state index contributed by atoms with van der Waals surface area (Å²) >= 11 is 0. The molecular formula is C22H22N2O6. The van der Waals surface area contributed by atoms with Crippen molar-refractivity contribution >= 4 is 35.9 Å². The zero-order valence-corrected chi connectivity index (χ0v) is 16.0. The van der Waals surface area contributed by atoms with Gasteiger partial charge in [-0.2, -0.15) is 0 Å². The molecule has 0 atom stereocenters. The van der Waals surface area contributed by atoms with Crippen LogP contribution in [0.25, 0.3) is 12.2 Å². The van der Waals surface area contributed by atoms with Crippen LogP contribution < -0.4 is 10.6 Å². The van der Waals surface area contributed by atoms with Crippen LogP contribution >= 0.6 is 0 Å². The first-order valence-electron chi connectivity index (χ1n) is 8.82. The van der Waals surface area contributed by atoms with Gasteiger partial charge in [0.25, 0.3) is 0 Å². The lowest BCUT2D eigenvalue weighted by atomic mass is 10.2. The first-order valence-corrected chi connectivity index (χ1v) is 8.82. The molecule has 0 aliphatic rings. The molecule has 0 unspecified atom stereocenters. The van der Waals surface area contributed by atoms with Crippen molar-refractivity contribution in [3.05, 3.63) is 83.9 Å². The number of hydrogen-bond acceptors (Lipinski definition) is 4. The molecule has 0 aromatic heterocycles. The van der Waals surface area contributed by atoms with E-state index in [1.807, 2.05) is 60.7 Å². The predicted molar refractivity (Wildman–Crippen MR) is 112 cm³/mol. The average molecular weight is 410 g/mol. The fourth-order valence-corrected chi connectivity index (χ4v) is 1.92. The van der Waals surface area contributed by atoms with Crippen LogP contribution in [0.1, 0.15) is 11.1 Å². The summed E-state index contributed by atoms with van der Waals surface area (Å²) in [7, 11) is 0. The van der Waals surface area contributed by atoms with Gasteiger partial charge in [0.2, 0.25) is 11.8 Å². The summed E-state index contributed by atoms with van der Waals surface area (Å²) in [5, 5.41) is 21.1. The zero-order chi connectivity index (χ0) is 22.2. The second-order valence-electron chi connectivity index (χ2n) is 5.71. The number of rotatable bonds is 8. The van der Waals surface area contributed by atoms with Crippen molar-refractivity contribution in [1.29, 1.82) is 0 Å². The van der Waals surface area contributed by atoms with Gasteiger partial charge in [-0.05, 0) is 23.3 Å². The Morgan fingerprint density at radius 2 is 0.967 bits per heavy atom. The lowest BCUT2D eigenvalue weighted by molar-refractivity contribution is -0.137. The number of amides is 2. The summed E-state index contributed by atoms with van der Waals surface area (Å²) in [5.74, 6) is -2.95. The highest BCUT2D eigenvalue weighted by atomic mass is 16.4. The Morgan fingerprint density at radius 1 is 0.633 bits per heavy atom. The Kier molecular flexibility index (Phi) is 11.0. The van der Waals surface area contributed by atoms with Crippen molar-refractivity contribution in [2.75, 3.05) is 13.1 Å². The molecule has 156 valence electrons. The van der Waals surface area contributed by atoms with Gasteiger partial charge in [-0.25, -0.2) is 0 Å². The van der Waals surface area contributed by atoms with Gasteiger partial charge >= 0.3 is 11.9 Å². The summed E-state index contributed by atoms with van der Waals surface area (Å²) in [5.41, 5.74) is 1.78. The number of hydrogen-bond donors (Lipinski definition) is 4. The predicted octanol–water partition coefficient (Wildman–Crippen LogP) is 1.80. The molecule has 2 aromatic carbocycles. The molecule has 0 saturated carbocycles. The Balaban J connectivity index is 0.000000300. The second-order valence-corrected chi connectivity index (χ2v) is 5.71. The SMILES string of the molecule is O=C(O)CNC(=O)/C=C/c1ccccc1.O=C(O)CNC(=O)/C=C/c1ccccc1. The number of carboxylic acid groups (broad SMARTS) is 2. The van der Waals surface area contributed by atoms with Gasteiger partial charge in [-0.15, -0.1) is 0 Å². The van der Waals surface area contributed by atoms with Crippen molar-refractivity contribution in [2.45, 2.75) is 0 Å². The van der Waals surface area contributed by atoms with Crippen LogP contribution in [0.3, 0.4) is 0 Å². The molecule has 0 saturated heterocycles. The standard InChI is InChI=1S/2C11H11NO3/c2*13-10(12-8-11(14)15)7-6-9-4-2-1-3-5-9/h2*1-7H,8H2,(H,12,13)(H,14,15)/b2*7-6+. The van der Waals surface area contributed by atoms with E-state index < -0.39 is 23.8 Å². The number of benzene rings is 2. The lowest BCUT2D eigenvalue weighted by Gasteiger charge is -1.96. The summed E-state index contributed by atoms with van der Waals surface area (Å²) in [6.45, 7) is -0.726. The van der Waals surface area contributed by atoms with Gasteiger partial charge in [-0.3, -0.25) is 19.2 Å². The van der Waals surface area contributed by atoms with Gasteiger partial charge in [-0.1, -0.05) is 60.7 Å². The monoisotopic (exact) mass is 410 g/mol. The van der Waals surface area contributed by atoms with E-state index in [2.05, 4.69) is 10.6 Å². The van der Waals surface area contributed by atoms with Crippen LogP contribution in [0.15, 0.2) is 72.8 Å². The lowest BCUT2D eigenvalue weighted by Crippen LogP contribution is -2.27. The minimum Gasteiger partial charge on any atom is -0.480 e. The van der Waals surface area contributed by atoms with Gasteiger partial charge in [0, 0.05) is 12.2 Å². The van der Waals surface area contributed by atoms with Crippen LogP contribution in [-0.4, -0.2) is 47.1 Å². The molecule has 8 heteroatoms. The van der Waals surface area contributed by atoms with E-state index in [9.17, 15) is 19.2 Å². The number of carbonyl (C=O) groups excluding carboxylic acids is 2. The van der Waals surface area contributed by atoms with Crippen LogP contribution in [0.5, 0.6) is 0 Å². The van der Waals surface area contributed by atoms with Crippen LogP contribution in [-0.2, 0) is 19.2 Å². The number of carboxylic acids is 2. The van der Waals surface area contributed by atoms with Crippen molar-refractivity contribution in [3.63, 3.8) is 0 Å². The van der Waals surface area contributed by atoms with Gasteiger partial charge in [0.15, 0.2) is 0 Å². The minimum atomic E-state index is -1.06. The third-order valence-corrected chi connectivity index (χ3v) is 3.28. The molecule has 0 bridgehead atoms. The highest BCUT2D eigenvalue weighted by Crippen LogP contribution is 2.01. The smallest absolute Gasteiger partial charge is 0.322 e. The first kappa shape index (κ1) is 23.8. The van der Waals surface area contributed by atoms with E-state index in [0.717, 1.165) is 11.1 Å². The van der Waals surface area contributed by atoms with E-state index in [1.165, 1.54) is 12.2 Å². The summed E-state index contributed by atoms with van der Waals surface area (Å²) in [6, 6.07) is 18.6. The van der Waals surface area contributed by atoms with Gasteiger partial charge < -0.3 is 20.8 Å². The third-order valence-electron chi connectivity index (χ3n) is 3.28. The van der Waals surface area contributed by atoms with Gasteiger partial charge in [0.05, 0.1) is 0 Å². The Bertz CT molecular complexity index is 817. The molecule has 0 aliphatic heterocycles. The fraction of sp³-hybridized carbons (Fsp3) is 0.0909. The quantitative estimate of drug-likeness (QED) is 0.491. The topological polar surface area (TPSA) is 133 Å². The summed E-state index contributed by atoms with van der Waals surface area (Å²) in [4.78, 5) is 42.4. The normalized spacial score (nSPS) is 10.1. The molecule has 0 radical (unpaired) electrons. The van der Waals surface area contributed by atoms with Crippen molar-refractivity contribution in [1.82, 2.24) is 10.6 Å². The van der Waals surface area contributed by atoms with E-state index >= 15 is 0 Å². The largest absolute Gasteiger partial charge is 0.480 e. The first-order chi connectivity index (χ1) is 14.4. The van der Waals surface area contributed by atoms with E-state index in [-0.39, 0.29) is 13.1 Å². The molecular weight excluding hydrogens is 388 g/mol. The fourth-order valence-electron chi connectivity index (χ4n) is 1.92. The van der Waals surface area contributed by atoms with E-state index in [4.69, 9.17) is 10.2 Å². The van der Waals surface area contributed by atoms with Crippen molar-refractivity contribution in [2.24, 2.45) is 0 Å². The molecule has 0 fully saturated rings. The molecule has 2 rings (SSSR count). The minimum absolute atomic E-state index is 0.363. The zero-order valence-electron chi connectivity index (χ0n) is 16.0. The molecule has 0 spiro atoms. The van der Waals surface area contributed by atoms with Gasteiger partial charge in [0.1, 0.15) is 13.1 Å². The molecule has 4 N–H and O–H groups in total. The second kappa shape index (κ2) is 13.9. The Labute approximate surface area is 173 Å². The molecule has 2 amide bonds. The maximum Gasteiger partial charge on any atom is 0.322 e.